The van der Waals surface area contributed by atoms with Gasteiger partial charge in [-0.3, -0.25) is 4.28 Å². The van der Waals surface area contributed by atoms with E-state index in [2.05, 4.69) is 23.7 Å². The smallest absolute Gasteiger partial charge is 0.347 e. The second-order valence-corrected chi connectivity index (χ2v) is 7.33. The van der Waals surface area contributed by atoms with Gasteiger partial charge in [0.2, 0.25) is 0 Å². The van der Waals surface area contributed by atoms with E-state index in [1.165, 1.54) is 24.3 Å². The molecule has 0 aromatic heterocycles. The fourth-order valence-electron chi connectivity index (χ4n) is 1.29. The second kappa shape index (κ2) is 7.54. The molecule has 10 nitrogen and oxygen atoms in total. The van der Waals surface area contributed by atoms with Gasteiger partial charge in [-0.1, -0.05) is 36.0 Å². The van der Waals surface area contributed by atoms with Gasteiger partial charge in [-0.05, 0) is 0 Å². The van der Waals surface area contributed by atoms with E-state index in [0.29, 0.717) is 0 Å². The van der Waals surface area contributed by atoms with Crippen LogP contribution in [0.4, 0.5) is 0 Å². The van der Waals surface area contributed by atoms with Gasteiger partial charge in [0.15, 0.2) is 5.71 Å². The fraction of sp³-hybridized carbons (Fsp3) is 0.167. The Morgan fingerprint density at radius 1 is 1.12 bits per heavy atom. The molecule has 0 amide bonds. The Balaban J connectivity index is 3.26. The van der Waals surface area contributed by atoms with Crippen molar-refractivity contribution >= 4 is 31.8 Å². The normalized spacial score (nSPS) is 12.8. The Hall–Kier alpha value is -2.96. The maximum absolute atomic E-state index is 10.9. The first kappa shape index (κ1) is 19.1. The largest absolute Gasteiger partial charge is 0.357 e. The molecule has 12 heteroatoms. The number of benzene rings is 1. The van der Waals surface area contributed by atoms with Gasteiger partial charge in [-0.15, -0.1) is 0 Å². The van der Waals surface area contributed by atoms with Crippen molar-refractivity contribution in [2.75, 3.05) is 12.5 Å². The number of amidine groups is 1. The molecule has 1 aromatic carbocycles. The predicted molar refractivity (Wildman–Crippen MR) is 83.6 cm³/mol. The molecule has 0 heterocycles. The monoisotopic (exact) mass is 370 g/mol. The third-order valence-corrected chi connectivity index (χ3v) is 2.82. The van der Waals surface area contributed by atoms with Gasteiger partial charge in [-0.25, -0.2) is 0 Å². The highest BCUT2D eigenvalue weighted by Crippen LogP contribution is 2.10. The van der Waals surface area contributed by atoms with E-state index in [1.54, 1.807) is 6.07 Å². The molecule has 0 saturated carbocycles. The summed E-state index contributed by atoms with van der Waals surface area (Å²) >= 11 is 0. The van der Waals surface area contributed by atoms with Crippen molar-refractivity contribution < 1.29 is 25.4 Å². The number of hydrogen-bond acceptors (Lipinski definition) is 9. The Bertz CT molecular complexity index is 904. The first-order chi connectivity index (χ1) is 11.1. The number of oxime groups is 2. The lowest BCUT2D eigenvalue weighted by Crippen LogP contribution is -2.06. The van der Waals surface area contributed by atoms with Crippen LogP contribution in [0.15, 0.2) is 34.6 Å². The van der Waals surface area contributed by atoms with Gasteiger partial charge >= 0.3 is 26.1 Å². The van der Waals surface area contributed by atoms with Crippen LogP contribution in [-0.2, 0) is 28.8 Å². The van der Waals surface area contributed by atoms with Crippen molar-refractivity contribution in [1.29, 1.82) is 5.26 Å². The molecule has 0 saturated heterocycles. The average Bonchev–Trinajstić information content (AvgIpc) is 2.47. The number of rotatable bonds is 6. The summed E-state index contributed by atoms with van der Waals surface area (Å²) in [5, 5.41) is 15.5. The van der Waals surface area contributed by atoms with E-state index >= 15 is 0 Å². The van der Waals surface area contributed by atoms with E-state index in [1.807, 2.05) is 0 Å². The lowest BCUT2D eigenvalue weighted by atomic mass is 10.1. The first-order valence-electron chi connectivity index (χ1n) is 5.87. The molecule has 0 spiro atoms. The quantitative estimate of drug-likeness (QED) is 0.306. The van der Waals surface area contributed by atoms with Crippen LogP contribution in [0.1, 0.15) is 11.1 Å². The van der Waals surface area contributed by atoms with Gasteiger partial charge in [0.25, 0.3) is 0 Å². The molecule has 1 aromatic rings. The molecule has 0 unspecified atom stereocenters. The van der Waals surface area contributed by atoms with Crippen LogP contribution in [0.25, 0.3) is 4.85 Å². The molecule has 126 valence electrons. The minimum Gasteiger partial charge on any atom is -0.357 e. The summed E-state index contributed by atoms with van der Waals surface area (Å²) in [4.78, 5) is 3.03. The number of hydrogen-bond donors (Lipinski definition) is 0. The number of nitrogens with zero attached hydrogens (tertiary/aromatic N) is 4. The summed E-state index contributed by atoms with van der Waals surface area (Å²) in [6.07, 6.45) is 1.52. The predicted octanol–water partition coefficient (Wildman–Crippen LogP) is 0.448. The third-order valence-electron chi connectivity index (χ3n) is 2.13. The summed E-state index contributed by atoms with van der Waals surface area (Å²) in [5.74, 6) is -0.386. The molecule has 0 atom stereocenters. The van der Waals surface area contributed by atoms with Crippen LogP contribution in [0.3, 0.4) is 0 Å². The van der Waals surface area contributed by atoms with Crippen molar-refractivity contribution in [3.05, 3.63) is 46.8 Å². The number of nitriles is 1. The van der Waals surface area contributed by atoms with E-state index in [4.69, 9.17) is 11.8 Å². The van der Waals surface area contributed by atoms with Crippen molar-refractivity contribution in [1.82, 2.24) is 0 Å². The van der Waals surface area contributed by atoms with Gasteiger partial charge in [0.05, 0.1) is 17.7 Å². The first-order valence-corrected chi connectivity index (χ1v) is 9.50. The van der Waals surface area contributed by atoms with E-state index in [0.717, 1.165) is 12.5 Å². The van der Waals surface area contributed by atoms with Crippen LogP contribution in [0.2, 0.25) is 0 Å². The molecular weight excluding hydrogens is 360 g/mol. The molecule has 0 aliphatic rings. The second-order valence-electron chi connectivity index (χ2n) is 4.22. The van der Waals surface area contributed by atoms with Gasteiger partial charge in [0, 0.05) is 11.1 Å². The highest BCUT2D eigenvalue weighted by molar-refractivity contribution is 7.86. The Labute approximate surface area is 138 Å². The summed E-state index contributed by atoms with van der Waals surface area (Å²) in [6, 6.07) is 7.18. The van der Waals surface area contributed by atoms with Crippen molar-refractivity contribution in [2.24, 2.45) is 10.3 Å². The zero-order valence-corrected chi connectivity index (χ0v) is 14.0. The third kappa shape index (κ3) is 6.43. The summed E-state index contributed by atoms with van der Waals surface area (Å²) in [7, 11) is -7.78. The lowest BCUT2D eigenvalue weighted by Gasteiger charge is -2.02. The van der Waals surface area contributed by atoms with Crippen LogP contribution in [0, 0.1) is 17.9 Å². The van der Waals surface area contributed by atoms with E-state index in [-0.39, 0.29) is 22.7 Å². The Kier molecular flexibility index (Phi) is 6.00. The Morgan fingerprint density at radius 3 is 2.17 bits per heavy atom. The minimum absolute atomic E-state index is 0.133. The van der Waals surface area contributed by atoms with Gasteiger partial charge in [0.1, 0.15) is 6.07 Å². The van der Waals surface area contributed by atoms with Gasteiger partial charge in [-0.2, -0.15) is 26.4 Å². The maximum Gasteiger partial charge on any atom is 0.347 e. The van der Waals surface area contributed by atoms with E-state index in [9.17, 15) is 16.8 Å². The molecule has 1 rings (SSSR count). The van der Waals surface area contributed by atoms with Crippen molar-refractivity contribution in [3.63, 3.8) is 0 Å². The topological polar surface area (TPSA) is 140 Å². The highest BCUT2D eigenvalue weighted by Gasteiger charge is 2.13. The molecule has 24 heavy (non-hydrogen) atoms. The fourth-order valence-corrected chi connectivity index (χ4v) is 1.70. The van der Waals surface area contributed by atoms with Crippen molar-refractivity contribution in [3.8, 4) is 6.07 Å². The standard InChI is InChI=1S/C12H10N4O6S2/c1-14-12(16-22-24(3,19)20)10-6-4-5-9(7-10)11(8-13)15-21-23(2,17)18/h4-7H,2-3H3/b15-11+,16-12-. The lowest BCUT2D eigenvalue weighted by molar-refractivity contribution is 0.343. The molecule has 0 fully saturated rings. The summed E-state index contributed by atoms with van der Waals surface area (Å²) in [6.45, 7) is 7.01. The summed E-state index contributed by atoms with van der Waals surface area (Å²) < 4.78 is 52.1. The molecular formula is C12H10N4O6S2. The van der Waals surface area contributed by atoms with Crippen molar-refractivity contribution in [2.45, 2.75) is 0 Å². The molecule has 0 aliphatic carbocycles. The molecule has 0 N–H and O–H groups in total. The maximum atomic E-state index is 10.9. The van der Waals surface area contributed by atoms with Crippen LogP contribution in [-0.4, -0.2) is 40.9 Å². The highest BCUT2D eigenvalue weighted by atomic mass is 32.2. The minimum atomic E-state index is -3.89. The summed E-state index contributed by atoms with van der Waals surface area (Å²) in [5.41, 5.74) is -0.0987. The SMILES string of the molecule is [C-]#[N+]/C(=N\OS(C)(=O)=O)c1cccc(/C(C#N)=N/OS(C)(=O)=O)c1. The van der Waals surface area contributed by atoms with Crippen LogP contribution in [0.5, 0.6) is 0 Å². The van der Waals surface area contributed by atoms with Gasteiger partial charge < -0.3 is 4.85 Å². The Morgan fingerprint density at radius 2 is 1.67 bits per heavy atom. The molecule has 0 aliphatic heterocycles. The van der Waals surface area contributed by atoms with Crippen LogP contribution >= 0.6 is 0 Å². The average molecular weight is 370 g/mol. The van der Waals surface area contributed by atoms with E-state index < -0.39 is 20.2 Å². The zero-order chi connectivity index (χ0) is 18.4. The molecule has 0 radical (unpaired) electrons. The zero-order valence-electron chi connectivity index (χ0n) is 12.4. The molecule has 0 bridgehead atoms. The van der Waals surface area contributed by atoms with Crippen LogP contribution < -0.4 is 0 Å².